The van der Waals surface area contributed by atoms with Crippen LogP contribution in [0.25, 0.3) is 22.6 Å². The molecule has 0 atom stereocenters. The van der Waals surface area contributed by atoms with Gasteiger partial charge in [0.05, 0.1) is 37.3 Å². The van der Waals surface area contributed by atoms with Crippen molar-refractivity contribution in [3.05, 3.63) is 36.5 Å². The Hall–Kier alpha value is -3.44. The van der Waals surface area contributed by atoms with Gasteiger partial charge in [-0.1, -0.05) is 0 Å². The zero-order valence-corrected chi connectivity index (χ0v) is 16.5. The van der Waals surface area contributed by atoms with Gasteiger partial charge in [0.15, 0.2) is 5.82 Å². The first-order chi connectivity index (χ1) is 14.6. The number of aliphatic hydroxyl groups is 1. The van der Waals surface area contributed by atoms with Crippen LogP contribution in [0.15, 0.2) is 30.9 Å². The fourth-order valence-corrected chi connectivity index (χ4v) is 3.02. The molecule has 1 amide bonds. The number of ether oxygens (including phenoxy) is 1. The smallest absolute Gasteiger partial charge is 0.270 e. The lowest BCUT2D eigenvalue weighted by Gasteiger charge is -2.26. The lowest BCUT2D eigenvalue weighted by molar-refractivity contribution is 0.0939. The van der Waals surface area contributed by atoms with Crippen LogP contribution in [0, 0.1) is 0 Å². The van der Waals surface area contributed by atoms with Gasteiger partial charge in [0.2, 0.25) is 5.95 Å². The van der Waals surface area contributed by atoms with Crippen LogP contribution in [-0.2, 0) is 11.8 Å². The van der Waals surface area contributed by atoms with Gasteiger partial charge < -0.3 is 20.1 Å². The molecule has 11 heteroatoms. The molecule has 0 aromatic carbocycles. The molecule has 2 N–H and O–H groups in total. The maximum Gasteiger partial charge on any atom is 0.270 e. The van der Waals surface area contributed by atoms with Crippen LogP contribution in [-0.4, -0.2) is 80.2 Å². The minimum absolute atomic E-state index is 0.137. The Bertz CT molecular complexity index is 1010. The molecule has 0 aliphatic carbocycles. The molecule has 0 saturated carbocycles. The topological polar surface area (TPSA) is 131 Å². The average Bonchev–Trinajstić information content (AvgIpc) is 3.24. The van der Waals surface area contributed by atoms with Gasteiger partial charge in [-0.3, -0.25) is 9.48 Å². The summed E-state index contributed by atoms with van der Waals surface area (Å²) < 4.78 is 7.00. The predicted octanol–water partition coefficient (Wildman–Crippen LogP) is -0.107. The summed E-state index contributed by atoms with van der Waals surface area (Å²) in [6, 6.07) is 1.58. The number of aliphatic hydroxyl groups excluding tert-OH is 1. The van der Waals surface area contributed by atoms with Crippen molar-refractivity contribution in [3.8, 4) is 22.6 Å². The Morgan fingerprint density at radius 2 is 1.93 bits per heavy atom. The number of nitrogens with zero attached hydrogens (tertiary/aromatic N) is 7. The summed E-state index contributed by atoms with van der Waals surface area (Å²) >= 11 is 0. The average molecular weight is 410 g/mol. The van der Waals surface area contributed by atoms with Crippen molar-refractivity contribution in [2.24, 2.45) is 7.05 Å². The highest BCUT2D eigenvalue weighted by Gasteiger charge is 2.17. The van der Waals surface area contributed by atoms with Crippen LogP contribution in [0.2, 0.25) is 0 Å². The highest BCUT2D eigenvalue weighted by Crippen LogP contribution is 2.22. The van der Waals surface area contributed by atoms with Gasteiger partial charge in [0.25, 0.3) is 5.91 Å². The molecule has 3 aromatic rings. The van der Waals surface area contributed by atoms with Crippen molar-refractivity contribution in [3.63, 3.8) is 0 Å². The first kappa shape index (κ1) is 19.9. The molecule has 11 nitrogen and oxygen atoms in total. The molecule has 1 aliphatic heterocycles. The number of carbonyl (C=O) groups excluding carboxylic acids is 1. The van der Waals surface area contributed by atoms with Crippen molar-refractivity contribution in [2.75, 3.05) is 44.4 Å². The molecule has 0 spiro atoms. The second-order valence-corrected chi connectivity index (χ2v) is 6.72. The molecule has 156 valence electrons. The van der Waals surface area contributed by atoms with Gasteiger partial charge in [0.1, 0.15) is 5.69 Å². The monoisotopic (exact) mass is 410 g/mol. The van der Waals surface area contributed by atoms with E-state index in [1.54, 1.807) is 42.6 Å². The van der Waals surface area contributed by atoms with Crippen molar-refractivity contribution >= 4 is 11.9 Å². The standard InChI is InChI=1S/C19H22N8O3/c1-26-12-14(11-23-26)17-24-15(8-16(25-17)18(29)20-2-5-28)13-9-21-19(22-10-13)27-3-6-30-7-4-27/h8-12,28H,2-7H2,1H3,(H,20,29). The van der Waals surface area contributed by atoms with E-state index in [9.17, 15) is 4.79 Å². The molecule has 3 aromatic heterocycles. The molecular formula is C19H22N8O3. The van der Waals surface area contributed by atoms with E-state index in [1.807, 2.05) is 0 Å². The first-order valence-corrected chi connectivity index (χ1v) is 9.56. The molecular weight excluding hydrogens is 388 g/mol. The number of nitrogens with one attached hydrogen (secondary N) is 1. The van der Waals surface area contributed by atoms with Gasteiger partial charge in [-0.2, -0.15) is 5.10 Å². The minimum atomic E-state index is -0.399. The minimum Gasteiger partial charge on any atom is -0.395 e. The quantitative estimate of drug-likeness (QED) is 0.571. The normalized spacial score (nSPS) is 14.0. The summed E-state index contributed by atoms with van der Waals surface area (Å²) in [5, 5.41) is 15.7. The molecule has 1 fully saturated rings. The fraction of sp³-hybridized carbons (Fsp3) is 0.368. The highest BCUT2D eigenvalue weighted by molar-refractivity contribution is 5.93. The van der Waals surface area contributed by atoms with Gasteiger partial charge in [0, 0.05) is 50.8 Å². The molecule has 30 heavy (non-hydrogen) atoms. The van der Waals surface area contributed by atoms with Gasteiger partial charge in [-0.15, -0.1) is 0 Å². The number of hydrogen-bond donors (Lipinski definition) is 2. The van der Waals surface area contributed by atoms with E-state index >= 15 is 0 Å². The number of aromatic nitrogens is 6. The fourth-order valence-electron chi connectivity index (χ4n) is 3.02. The number of amides is 1. The van der Waals surface area contributed by atoms with Gasteiger partial charge in [-0.25, -0.2) is 19.9 Å². The van der Waals surface area contributed by atoms with Crippen LogP contribution >= 0.6 is 0 Å². The summed E-state index contributed by atoms with van der Waals surface area (Å²) in [5.74, 6) is 0.597. The van der Waals surface area contributed by atoms with E-state index < -0.39 is 5.91 Å². The van der Waals surface area contributed by atoms with E-state index in [0.29, 0.717) is 41.8 Å². The van der Waals surface area contributed by atoms with Crippen LogP contribution in [0.5, 0.6) is 0 Å². The van der Waals surface area contributed by atoms with Crippen LogP contribution < -0.4 is 10.2 Å². The molecule has 4 rings (SSSR count). The zero-order chi connectivity index (χ0) is 20.9. The summed E-state index contributed by atoms with van der Waals surface area (Å²) in [7, 11) is 1.79. The Labute approximate surface area is 172 Å². The SMILES string of the molecule is Cn1cc(-c2nc(C(=O)NCCO)cc(-c3cnc(N4CCOCC4)nc3)n2)cn1. The van der Waals surface area contributed by atoms with E-state index in [1.165, 1.54) is 0 Å². The molecule has 0 unspecified atom stereocenters. The summed E-state index contributed by atoms with van der Waals surface area (Å²) in [5.41, 5.74) is 2.05. The number of hydrogen-bond acceptors (Lipinski definition) is 9. The van der Waals surface area contributed by atoms with E-state index in [-0.39, 0.29) is 18.8 Å². The molecule has 0 bridgehead atoms. The third-order valence-electron chi connectivity index (χ3n) is 4.55. The molecule has 1 saturated heterocycles. The highest BCUT2D eigenvalue weighted by atomic mass is 16.5. The first-order valence-electron chi connectivity index (χ1n) is 9.56. The van der Waals surface area contributed by atoms with Crippen LogP contribution in [0.1, 0.15) is 10.5 Å². The maximum absolute atomic E-state index is 12.5. The zero-order valence-electron chi connectivity index (χ0n) is 16.5. The largest absolute Gasteiger partial charge is 0.395 e. The van der Waals surface area contributed by atoms with Gasteiger partial charge >= 0.3 is 0 Å². The van der Waals surface area contributed by atoms with Crippen molar-refractivity contribution in [2.45, 2.75) is 0 Å². The van der Waals surface area contributed by atoms with Gasteiger partial charge in [-0.05, 0) is 6.07 Å². The summed E-state index contributed by atoms with van der Waals surface area (Å²) in [6.07, 6.45) is 6.77. The maximum atomic E-state index is 12.5. The predicted molar refractivity (Wildman–Crippen MR) is 108 cm³/mol. The van der Waals surface area contributed by atoms with E-state index in [4.69, 9.17) is 9.84 Å². The number of aryl methyl sites for hydroxylation is 1. The third-order valence-corrected chi connectivity index (χ3v) is 4.55. The van der Waals surface area contributed by atoms with Crippen LogP contribution in [0.3, 0.4) is 0 Å². The summed E-state index contributed by atoms with van der Waals surface area (Å²) in [6.45, 7) is 2.77. The number of carbonyl (C=O) groups is 1. The number of anilines is 1. The molecule has 0 radical (unpaired) electrons. The Morgan fingerprint density at radius 1 is 1.17 bits per heavy atom. The number of morpholine rings is 1. The van der Waals surface area contributed by atoms with E-state index in [2.05, 4.69) is 35.3 Å². The Balaban J connectivity index is 1.68. The van der Waals surface area contributed by atoms with E-state index in [0.717, 1.165) is 13.1 Å². The lowest BCUT2D eigenvalue weighted by Crippen LogP contribution is -2.37. The molecule has 1 aliphatic rings. The lowest BCUT2D eigenvalue weighted by atomic mass is 10.2. The number of rotatable bonds is 6. The third kappa shape index (κ3) is 4.42. The van der Waals surface area contributed by atoms with Crippen LogP contribution in [0.4, 0.5) is 5.95 Å². The Kier molecular flexibility index (Phi) is 5.91. The molecule has 4 heterocycles. The van der Waals surface area contributed by atoms with Crippen molar-refractivity contribution in [1.29, 1.82) is 0 Å². The Morgan fingerprint density at radius 3 is 2.60 bits per heavy atom. The van der Waals surface area contributed by atoms with Crippen molar-refractivity contribution in [1.82, 2.24) is 35.0 Å². The second kappa shape index (κ2) is 8.93. The van der Waals surface area contributed by atoms with Crippen molar-refractivity contribution < 1.29 is 14.6 Å². The second-order valence-electron chi connectivity index (χ2n) is 6.72. The summed E-state index contributed by atoms with van der Waals surface area (Å²) in [4.78, 5) is 32.4.